The van der Waals surface area contributed by atoms with Crippen molar-refractivity contribution in [2.75, 3.05) is 26.8 Å². The zero-order valence-electron chi connectivity index (χ0n) is 19.2. The highest BCUT2D eigenvalue weighted by atomic mass is 32.1. The van der Waals surface area contributed by atoms with Gasteiger partial charge in [-0.2, -0.15) is 0 Å². The molecule has 0 spiro atoms. The highest BCUT2D eigenvalue weighted by Gasteiger charge is 2.38. The lowest BCUT2D eigenvalue weighted by atomic mass is 10.0. The molecule has 0 unspecified atom stereocenters. The molecule has 6 nitrogen and oxygen atoms in total. The van der Waals surface area contributed by atoms with Gasteiger partial charge in [-0.3, -0.25) is 9.59 Å². The molecule has 2 amide bonds. The number of thiophene rings is 1. The molecule has 0 radical (unpaired) electrons. The minimum absolute atomic E-state index is 0.0401. The summed E-state index contributed by atoms with van der Waals surface area (Å²) in [6.07, 6.45) is 2.68. The molecule has 3 aromatic rings. The van der Waals surface area contributed by atoms with E-state index < -0.39 is 0 Å². The summed E-state index contributed by atoms with van der Waals surface area (Å²) < 4.78 is 11.4. The highest BCUT2D eigenvalue weighted by Crippen LogP contribution is 2.35. The van der Waals surface area contributed by atoms with E-state index in [9.17, 15) is 9.59 Å². The molecule has 7 heteroatoms. The highest BCUT2D eigenvalue weighted by molar-refractivity contribution is 7.10. The number of nitrogens with zero attached hydrogens (tertiary/aromatic N) is 2. The van der Waals surface area contributed by atoms with Crippen LogP contribution in [0.1, 0.15) is 39.7 Å². The predicted octanol–water partition coefficient (Wildman–Crippen LogP) is 4.57. The number of rotatable bonds is 8. The third-order valence-corrected chi connectivity index (χ3v) is 7.43. The first-order valence-corrected chi connectivity index (χ1v) is 12.5. The van der Waals surface area contributed by atoms with Crippen LogP contribution in [0.25, 0.3) is 0 Å². The summed E-state index contributed by atoms with van der Waals surface area (Å²) in [6, 6.07) is 18.8. The second-order valence-electron chi connectivity index (χ2n) is 8.67. The van der Waals surface area contributed by atoms with Gasteiger partial charge in [0.25, 0.3) is 5.91 Å². The van der Waals surface area contributed by atoms with E-state index >= 15 is 0 Å². The molecule has 0 saturated heterocycles. The Hall–Kier alpha value is -3.32. The average Bonchev–Trinajstić information content (AvgIpc) is 3.61. The maximum Gasteiger partial charge on any atom is 0.254 e. The van der Waals surface area contributed by atoms with Crippen LogP contribution in [0.5, 0.6) is 11.5 Å². The summed E-state index contributed by atoms with van der Waals surface area (Å²) in [5, 5.41) is 2.08. The molecule has 34 heavy (non-hydrogen) atoms. The zero-order chi connectivity index (χ0) is 23.5. The first kappa shape index (κ1) is 22.5. The monoisotopic (exact) mass is 476 g/mol. The van der Waals surface area contributed by atoms with E-state index in [1.54, 1.807) is 41.5 Å². The number of carbonyl (C=O) groups excluding carboxylic acids is 2. The minimum atomic E-state index is -0.171. The van der Waals surface area contributed by atoms with Gasteiger partial charge < -0.3 is 19.3 Å². The van der Waals surface area contributed by atoms with E-state index in [0.717, 1.165) is 30.6 Å². The van der Waals surface area contributed by atoms with Crippen molar-refractivity contribution in [1.82, 2.24) is 9.80 Å². The topological polar surface area (TPSA) is 59.1 Å². The molecule has 1 aliphatic heterocycles. The maximum absolute atomic E-state index is 13.6. The van der Waals surface area contributed by atoms with Crippen molar-refractivity contribution in [3.8, 4) is 11.5 Å². The Labute approximate surface area is 203 Å². The number of amides is 2. The molecular formula is C27H28N2O4S. The number of benzene rings is 2. The van der Waals surface area contributed by atoms with Gasteiger partial charge >= 0.3 is 0 Å². The molecule has 176 valence electrons. The number of methoxy groups -OCH3 is 1. The van der Waals surface area contributed by atoms with E-state index in [4.69, 9.17) is 9.47 Å². The average molecular weight is 477 g/mol. The molecule has 2 heterocycles. The summed E-state index contributed by atoms with van der Waals surface area (Å²) in [5.41, 5.74) is 1.69. The standard InChI is InChI=1S/C27H28N2O4S/c1-32-22-9-5-6-19(16-22)27(31)29(20-10-11-20)17-26(30)28-14-12-25-23(13-15-34-25)24(28)18-33-21-7-3-2-4-8-21/h2-9,13,15-16,20,24H,10-12,14,17-18H2,1H3/t24-/m0/s1. The van der Waals surface area contributed by atoms with Crippen LogP contribution in [0.4, 0.5) is 0 Å². The van der Waals surface area contributed by atoms with Crippen molar-refractivity contribution in [2.24, 2.45) is 0 Å². The number of carbonyl (C=O) groups is 2. The van der Waals surface area contributed by atoms with Crippen molar-refractivity contribution in [2.45, 2.75) is 31.3 Å². The quantitative estimate of drug-likeness (QED) is 0.478. The zero-order valence-corrected chi connectivity index (χ0v) is 20.0. The molecule has 1 saturated carbocycles. The van der Waals surface area contributed by atoms with Crippen LogP contribution in [0.15, 0.2) is 66.0 Å². The fraction of sp³-hybridized carbons (Fsp3) is 0.333. The lowest BCUT2D eigenvalue weighted by Crippen LogP contribution is -2.48. The van der Waals surface area contributed by atoms with Gasteiger partial charge in [-0.15, -0.1) is 11.3 Å². The van der Waals surface area contributed by atoms with E-state index in [1.807, 2.05) is 41.3 Å². The van der Waals surface area contributed by atoms with Gasteiger partial charge in [0, 0.05) is 23.0 Å². The summed E-state index contributed by atoms with van der Waals surface area (Å²) in [4.78, 5) is 31.9. The van der Waals surface area contributed by atoms with Gasteiger partial charge in [-0.1, -0.05) is 24.3 Å². The van der Waals surface area contributed by atoms with Gasteiger partial charge in [0.15, 0.2) is 0 Å². The molecule has 1 atom stereocenters. The number of para-hydroxylation sites is 1. The summed E-state index contributed by atoms with van der Waals surface area (Å²) in [6.45, 7) is 1.08. The molecule has 0 N–H and O–H groups in total. The van der Waals surface area contributed by atoms with Gasteiger partial charge in [-0.25, -0.2) is 0 Å². The Morgan fingerprint density at radius 3 is 2.62 bits per heavy atom. The number of hydrogen-bond donors (Lipinski definition) is 0. The van der Waals surface area contributed by atoms with Crippen LogP contribution in [0.2, 0.25) is 0 Å². The van der Waals surface area contributed by atoms with Gasteiger partial charge in [-0.05, 0) is 66.6 Å². The molecule has 2 aliphatic rings. The van der Waals surface area contributed by atoms with Crippen LogP contribution >= 0.6 is 11.3 Å². The molecule has 1 aliphatic carbocycles. The molecular weight excluding hydrogens is 448 g/mol. The van der Waals surface area contributed by atoms with Crippen LogP contribution in [-0.4, -0.2) is 54.5 Å². The van der Waals surface area contributed by atoms with Gasteiger partial charge in [0.05, 0.1) is 13.2 Å². The third kappa shape index (κ3) is 4.80. The molecule has 1 aromatic heterocycles. The largest absolute Gasteiger partial charge is 0.497 e. The van der Waals surface area contributed by atoms with Crippen molar-refractivity contribution in [1.29, 1.82) is 0 Å². The van der Waals surface area contributed by atoms with Crippen LogP contribution in [-0.2, 0) is 11.2 Å². The number of hydrogen-bond acceptors (Lipinski definition) is 5. The molecule has 2 aromatic carbocycles. The lowest BCUT2D eigenvalue weighted by molar-refractivity contribution is -0.135. The SMILES string of the molecule is COc1cccc(C(=O)N(CC(=O)N2CCc3sccc3[C@@H]2COc2ccccc2)C2CC2)c1. The van der Waals surface area contributed by atoms with Crippen molar-refractivity contribution in [3.05, 3.63) is 82.0 Å². The van der Waals surface area contributed by atoms with Crippen LogP contribution in [0.3, 0.4) is 0 Å². The Morgan fingerprint density at radius 2 is 1.85 bits per heavy atom. The van der Waals surface area contributed by atoms with Crippen molar-refractivity contribution >= 4 is 23.2 Å². The fourth-order valence-corrected chi connectivity index (χ4v) is 5.41. The van der Waals surface area contributed by atoms with Crippen molar-refractivity contribution in [3.63, 3.8) is 0 Å². The lowest BCUT2D eigenvalue weighted by Gasteiger charge is -2.37. The van der Waals surface area contributed by atoms with Crippen LogP contribution < -0.4 is 9.47 Å². The normalized spacial score (nSPS) is 17.1. The third-order valence-electron chi connectivity index (χ3n) is 6.44. The van der Waals surface area contributed by atoms with Gasteiger partial charge in [0.1, 0.15) is 24.7 Å². The smallest absolute Gasteiger partial charge is 0.254 e. The fourth-order valence-electron chi connectivity index (χ4n) is 4.48. The van der Waals surface area contributed by atoms with E-state index in [2.05, 4.69) is 11.4 Å². The molecule has 5 rings (SSSR count). The summed E-state index contributed by atoms with van der Waals surface area (Å²) >= 11 is 1.73. The second kappa shape index (κ2) is 9.89. The maximum atomic E-state index is 13.6. The van der Waals surface area contributed by atoms with E-state index in [1.165, 1.54) is 4.88 Å². The first-order chi connectivity index (χ1) is 16.6. The second-order valence-corrected chi connectivity index (χ2v) is 9.67. The summed E-state index contributed by atoms with van der Waals surface area (Å²) in [7, 11) is 1.58. The molecule has 1 fully saturated rings. The van der Waals surface area contributed by atoms with E-state index in [-0.39, 0.29) is 30.4 Å². The van der Waals surface area contributed by atoms with Crippen molar-refractivity contribution < 1.29 is 19.1 Å². The minimum Gasteiger partial charge on any atom is -0.497 e. The molecule has 0 bridgehead atoms. The van der Waals surface area contributed by atoms with E-state index in [0.29, 0.717) is 24.5 Å². The van der Waals surface area contributed by atoms with Gasteiger partial charge in [0.2, 0.25) is 5.91 Å². The predicted molar refractivity (Wildman–Crippen MR) is 131 cm³/mol. The number of fused-ring (bicyclic) bond motifs is 1. The first-order valence-electron chi connectivity index (χ1n) is 11.6. The summed E-state index contributed by atoms with van der Waals surface area (Å²) in [5.74, 6) is 1.25. The Bertz CT molecular complexity index is 1160. The Kier molecular flexibility index (Phi) is 6.54. The number of ether oxygens (including phenoxy) is 2. The Morgan fingerprint density at radius 1 is 1.06 bits per heavy atom. The Balaban J connectivity index is 1.34. The van der Waals surface area contributed by atoms with Crippen LogP contribution in [0, 0.1) is 0 Å².